The number of carbonyl (C=O) groups is 2. The average Bonchev–Trinajstić information content (AvgIpc) is 3.47. The van der Waals surface area contributed by atoms with Gasteiger partial charge in [-0.25, -0.2) is 9.67 Å². The summed E-state index contributed by atoms with van der Waals surface area (Å²) in [6.45, 7) is 7.27. The van der Waals surface area contributed by atoms with Gasteiger partial charge in [0.25, 0.3) is 0 Å². The summed E-state index contributed by atoms with van der Waals surface area (Å²) in [6, 6.07) is 22.9. The van der Waals surface area contributed by atoms with E-state index in [0.717, 1.165) is 29.8 Å². The standard InChI is InChI=1S/C33H34N4O3/c1-33(2,3)23-11-13-24(14-12-23)40-25-9-6-8-22(17-25)27-18-28(38)29(32(39)31(27)37-20-34-19-36-37)30-26-10-5-4-7-21(26)15-16-35-30/h4-14,17,19-20,27,29-31,35H,15-16,18H2,1-3H3/t27-,29-,30+,31+/m0/s1. The van der Waals surface area contributed by atoms with E-state index in [-0.39, 0.29) is 35.4 Å². The molecule has 0 bridgehead atoms. The van der Waals surface area contributed by atoms with Gasteiger partial charge in [0.2, 0.25) is 0 Å². The van der Waals surface area contributed by atoms with E-state index in [2.05, 4.69) is 54.4 Å². The zero-order valence-electron chi connectivity index (χ0n) is 23.1. The maximum absolute atomic E-state index is 14.2. The monoisotopic (exact) mass is 534 g/mol. The third-order valence-corrected chi connectivity index (χ3v) is 8.19. The first kappa shape index (κ1) is 26.1. The number of ether oxygens (including phenoxy) is 1. The van der Waals surface area contributed by atoms with Crippen molar-refractivity contribution in [2.24, 2.45) is 5.92 Å². The quantitative estimate of drug-likeness (QED) is 0.329. The fraction of sp³-hybridized carbons (Fsp3) is 0.333. The van der Waals surface area contributed by atoms with Gasteiger partial charge in [0.15, 0.2) is 5.78 Å². The van der Waals surface area contributed by atoms with Gasteiger partial charge in [-0.05, 0) is 64.9 Å². The molecule has 1 fully saturated rings. The number of rotatable bonds is 5. The first-order valence-electron chi connectivity index (χ1n) is 13.9. The molecule has 0 unspecified atom stereocenters. The summed E-state index contributed by atoms with van der Waals surface area (Å²) in [7, 11) is 0. The number of fused-ring (bicyclic) bond motifs is 1. The Labute approximate surface area is 234 Å². The Morgan fingerprint density at radius 1 is 0.950 bits per heavy atom. The molecule has 2 aliphatic rings. The zero-order chi connectivity index (χ0) is 27.9. The third-order valence-electron chi connectivity index (χ3n) is 8.19. The van der Waals surface area contributed by atoms with Crippen LogP contribution in [0.1, 0.15) is 67.4 Å². The van der Waals surface area contributed by atoms with Gasteiger partial charge in [-0.1, -0.05) is 69.3 Å². The lowest BCUT2D eigenvalue weighted by molar-refractivity contribution is -0.141. The van der Waals surface area contributed by atoms with E-state index < -0.39 is 12.0 Å². The molecule has 1 aliphatic heterocycles. The van der Waals surface area contributed by atoms with Crippen LogP contribution in [0.3, 0.4) is 0 Å². The van der Waals surface area contributed by atoms with Crippen LogP contribution in [0.5, 0.6) is 11.5 Å². The molecule has 7 heteroatoms. The van der Waals surface area contributed by atoms with E-state index in [4.69, 9.17) is 4.74 Å². The molecule has 40 heavy (non-hydrogen) atoms. The minimum Gasteiger partial charge on any atom is -0.457 e. The lowest BCUT2D eigenvalue weighted by Crippen LogP contribution is -2.48. The van der Waals surface area contributed by atoms with Gasteiger partial charge in [-0.2, -0.15) is 5.10 Å². The first-order valence-corrected chi connectivity index (χ1v) is 13.9. The molecule has 1 aliphatic carbocycles. The molecule has 7 nitrogen and oxygen atoms in total. The predicted octanol–water partition coefficient (Wildman–Crippen LogP) is 5.74. The fourth-order valence-corrected chi connectivity index (χ4v) is 6.13. The van der Waals surface area contributed by atoms with Crippen molar-refractivity contribution in [1.82, 2.24) is 20.1 Å². The van der Waals surface area contributed by atoms with Gasteiger partial charge in [-0.3, -0.25) is 9.59 Å². The van der Waals surface area contributed by atoms with Crippen LogP contribution in [0, 0.1) is 5.92 Å². The van der Waals surface area contributed by atoms with Crippen LogP contribution in [0.15, 0.2) is 85.5 Å². The van der Waals surface area contributed by atoms with Crippen molar-refractivity contribution in [2.45, 2.75) is 57.0 Å². The first-order chi connectivity index (χ1) is 19.3. The largest absolute Gasteiger partial charge is 0.457 e. The second-order valence-electron chi connectivity index (χ2n) is 11.8. The summed E-state index contributed by atoms with van der Waals surface area (Å²) in [5.41, 5.74) is 4.37. The maximum Gasteiger partial charge on any atom is 0.170 e. The van der Waals surface area contributed by atoms with E-state index in [9.17, 15) is 9.59 Å². The van der Waals surface area contributed by atoms with Gasteiger partial charge in [0, 0.05) is 18.4 Å². The van der Waals surface area contributed by atoms with Gasteiger partial charge in [0.05, 0.1) is 5.92 Å². The van der Waals surface area contributed by atoms with Crippen LogP contribution in [0.25, 0.3) is 0 Å². The number of hydrogen-bond acceptors (Lipinski definition) is 6. The molecule has 3 aromatic carbocycles. The Morgan fingerprint density at radius 3 is 2.50 bits per heavy atom. The van der Waals surface area contributed by atoms with Crippen molar-refractivity contribution >= 4 is 11.6 Å². The molecule has 0 radical (unpaired) electrons. The Balaban J connectivity index is 1.31. The van der Waals surface area contributed by atoms with Gasteiger partial charge < -0.3 is 10.1 Å². The molecule has 0 spiro atoms. The van der Waals surface area contributed by atoms with Crippen LogP contribution in [-0.4, -0.2) is 32.9 Å². The summed E-state index contributed by atoms with van der Waals surface area (Å²) in [5, 5.41) is 7.82. The molecular formula is C33H34N4O3. The number of ketones is 2. The predicted molar refractivity (Wildman–Crippen MR) is 152 cm³/mol. The minimum absolute atomic E-state index is 0.0512. The molecule has 4 atom stereocenters. The molecule has 1 saturated carbocycles. The molecule has 204 valence electrons. The van der Waals surface area contributed by atoms with E-state index in [1.165, 1.54) is 17.5 Å². The number of nitrogens with zero attached hydrogens (tertiary/aromatic N) is 3. The summed E-state index contributed by atoms with van der Waals surface area (Å²) < 4.78 is 7.81. The Kier molecular flexibility index (Phi) is 6.84. The molecule has 4 aromatic rings. The van der Waals surface area contributed by atoms with Gasteiger partial charge in [0.1, 0.15) is 36.0 Å². The Bertz CT molecular complexity index is 1520. The normalized spacial score (nSPS) is 23.1. The van der Waals surface area contributed by atoms with Crippen molar-refractivity contribution in [3.8, 4) is 11.5 Å². The number of carbonyl (C=O) groups excluding carboxylic acids is 2. The van der Waals surface area contributed by atoms with E-state index >= 15 is 0 Å². The van der Waals surface area contributed by atoms with Gasteiger partial charge in [-0.15, -0.1) is 0 Å². The van der Waals surface area contributed by atoms with Crippen molar-refractivity contribution in [1.29, 1.82) is 0 Å². The van der Waals surface area contributed by atoms with Crippen molar-refractivity contribution in [3.63, 3.8) is 0 Å². The zero-order valence-corrected chi connectivity index (χ0v) is 23.1. The Morgan fingerprint density at radius 2 is 1.75 bits per heavy atom. The lowest BCUT2D eigenvalue weighted by atomic mass is 9.69. The maximum atomic E-state index is 14.2. The van der Waals surface area contributed by atoms with E-state index in [0.29, 0.717) is 5.75 Å². The summed E-state index contributed by atoms with van der Waals surface area (Å²) >= 11 is 0. The number of hydrogen-bond donors (Lipinski definition) is 1. The smallest absolute Gasteiger partial charge is 0.170 e. The molecule has 0 amide bonds. The lowest BCUT2D eigenvalue weighted by Gasteiger charge is -2.39. The number of nitrogens with one attached hydrogen (secondary N) is 1. The van der Waals surface area contributed by atoms with Crippen LogP contribution in [0.2, 0.25) is 0 Å². The number of benzene rings is 3. The third kappa shape index (κ3) is 4.97. The SMILES string of the molecule is CC(C)(C)c1ccc(Oc2cccc([C@@H]3CC(=O)[C@@H]([C@@H]4NCCc5ccccc54)C(=O)[C@@H]3n3cncn3)c2)cc1. The highest BCUT2D eigenvalue weighted by molar-refractivity contribution is 6.08. The summed E-state index contributed by atoms with van der Waals surface area (Å²) in [4.78, 5) is 32.1. The highest BCUT2D eigenvalue weighted by atomic mass is 16.5. The minimum atomic E-state index is -0.785. The number of Topliss-reactive ketones (excluding diaryl/α,β-unsaturated/α-hetero) is 2. The average molecular weight is 535 g/mol. The van der Waals surface area contributed by atoms with E-state index in [1.54, 1.807) is 11.0 Å². The summed E-state index contributed by atoms with van der Waals surface area (Å²) in [6.07, 6.45) is 4.11. The fourth-order valence-electron chi connectivity index (χ4n) is 6.13. The van der Waals surface area contributed by atoms with Crippen LogP contribution < -0.4 is 10.1 Å². The molecule has 1 aromatic heterocycles. The molecule has 1 N–H and O–H groups in total. The van der Waals surface area contributed by atoms with Crippen molar-refractivity contribution in [2.75, 3.05) is 6.54 Å². The second kappa shape index (κ2) is 10.5. The molecule has 6 rings (SSSR count). The van der Waals surface area contributed by atoms with Crippen molar-refractivity contribution < 1.29 is 14.3 Å². The van der Waals surface area contributed by atoms with Crippen LogP contribution >= 0.6 is 0 Å². The van der Waals surface area contributed by atoms with Gasteiger partial charge >= 0.3 is 0 Å². The van der Waals surface area contributed by atoms with Crippen LogP contribution in [0.4, 0.5) is 0 Å². The highest BCUT2D eigenvalue weighted by Crippen LogP contribution is 2.44. The topological polar surface area (TPSA) is 86.1 Å². The second-order valence-corrected chi connectivity index (χ2v) is 11.8. The van der Waals surface area contributed by atoms with E-state index in [1.807, 2.05) is 54.6 Å². The number of aromatic nitrogens is 3. The van der Waals surface area contributed by atoms with Crippen molar-refractivity contribution in [3.05, 3.63) is 108 Å². The Hall–Kier alpha value is -4.10. The highest BCUT2D eigenvalue weighted by Gasteiger charge is 2.49. The molecule has 0 saturated heterocycles. The molecular weight excluding hydrogens is 500 g/mol. The van der Waals surface area contributed by atoms with Crippen LogP contribution in [-0.2, 0) is 21.4 Å². The molecule has 2 heterocycles. The summed E-state index contributed by atoms with van der Waals surface area (Å²) in [5.74, 6) is 0.0325.